The number of hydrogen-bond donors (Lipinski definition) is 1. The summed E-state index contributed by atoms with van der Waals surface area (Å²) in [6, 6.07) is 4.50. The maximum atomic E-state index is 13.8. The Balaban J connectivity index is 1.86. The summed E-state index contributed by atoms with van der Waals surface area (Å²) in [6.45, 7) is 1.84. The molecule has 1 aliphatic carbocycles. The first kappa shape index (κ1) is 24.3. The van der Waals surface area contributed by atoms with Gasteiger partial charge in [0.2, 0.25) is 0 Å². The number of Topliss-reactive ketones (excluding diaryl/α,β-unsaturated/α-hetero) is 1. The van der Waals surface area contributed by atoms with Crippen LogP contribution in [0.15, 0.2) is 48.7 Å². The van der Waals surface area contributed by atoms with E-state index in [1.807, 2.05) is 6.92 Å². The van der Waals surface area contributed by atoms with Crippen LogP contribution in [0.25, 0.3) is 0 Å². The smallest absolute Gasteiger partial charge is 0.298 e. The first-order valence-corrected chi connectivity index (χ1v) is 11.9. The molecule has 1 aromatic carbocycles. The van der Waals surface area contributed by atoms with Crippen molar-refractivity contribution in [1.29, 1.82) is 0 Å². The van der Waals surface area contributed by atoms with Gasteiger partial charge < -0.3 is 0 Å². The minimum absolute atomic E-state index is 0.0161. The quantitative estimate of drug-likeness (QED) is 0.526. The van der Waals surface area contributed by atoms with Crippen LogP contribution >= 0.6 is 0 Å². The van der Waals surface area contributed by atoms with Crippen LogP contribution in [0.1, 0.15) is 43.5 Å². The second-order valence-electron chi connectivity index (χ2n) is 8.57. The molecular weight excluding hydrogens is 448 g/mol. The minimum Gasteiger partial charge on any atom is -0.298 e. The second-order valence-corrected chi connectivity index (χ2v) is 10.7. The zero-order valence-corrected chi connectivity index (χ0v) is 18.2. The maximum Gasteiger partial charge on any atom is 0.407 e. The van der Waals surface area contributed by atoms with E-state index in [0.29, 0.717) is 0 Å². The number of sulfone groups is 1. The molecule has 0 radical (unpaired) electrons. The first-order chi connectivity index (χ1) is 14.9. The fourth-order valence-corrected chi connectivity index (χ4v) is 4.96. The Hall–Kier alpha value is -2.33. The normalized spacial score (nSPS) is 17.5. The Labute approximate surface area is 184 Å². The van der Waals surface area contributed by atoms with Gasteiger partial charge in [0.25, 0.3) is 0 Å². The molecule has 1 heterocycles. The van der Waals surface area contributed by atoms with Crippen molar-refractivity contribution in [3.8, 4) is 0 Å². The molecule has 5 nitrogen and oxygen atoms in total. The number of alkyl halides is 3. The molecule has 0 bridgehead atoms. The number of benzene rings is 1. The number of halogens is 4. The van der Waals surface area contributed by atoms with Crippen LogP contribution in [0.5, 0.6) is 0 Å². The van der Waals surface area contributed by atoms with E-state index in [0.717, 1.165) is 37.1 Å². The lowest BCUT2D eigenvalue weighted by Gasteiger charge is -2.28. The predicted molar refractivity (Wildman–Crippen MR) is 111 cm³/mol. The van der Waals surface area contributed by atoms with Crippen LogP contribution in [0, 0.1) is 11.2 Å². The zero-order chi connectivity index (χ0) is 23.6. The first-order valence-electron chi connectivity index (χ1n) is 10.1. The van der Waals surface area contributed by atoms with Gasteiger partial charge in [-0.2, -0.15) is 13.2 Å². The molecule has 0 spiro atoms. The van der Waals surface area contributed by atoms with Crippen LogP contribution in [-0.2, 0) is 20.4 Å². The molecule has 32 heavy (non-hydrogen) atoms. The highest BCUT2D eigenvalue weighted by molar-refractivity contribution is 7.90. The van der Waals surface area contributed by atoms with E-state index in [9.17, 15) is 30.8 Å². The Morgan fingerprint density at radius 3 is 2.34 bits per heavy atom. The van der Waals surface area contributed by atoms with Gasteiger partial charge in [0, 0.05) is 12.6 Å². The molecule has 10 heteroatoms. The minimum atomic E-state index is -4.83. The van der Waals surface area contributed by atoms with Crippen molar-refractivity contribution in [3.63, 3.8) is 0 Å². The number of rotatable bonds is 10. The highest BCUT2D eigenvalue weighted by Crippen LogP contribution is 2.48. The third-order valence-electron chi connectivity index (χ3n) is 5.51. The second kappa shape index (κ2) is 9.27. The lowest BCUT2D eigenvalue weighted by atomic mass is 9.97. The van der Waals surface area contributed by atoms with Crippen LogP contribution < -0.4 is 5.32 Å². The topological polar surface area (TPSA) is 76.1 Å². The fraction of sp³-hybridized carbons (Fsp3) is 0.455. The van der Waals surface area contributed by atoms with Crippen molar-refractivity contribution in [2.75, 3.05) is 5.75 Å². The molecule has 0 aliphatic heterocycles. The molecule has 1 saturated carbocycles. The molecule has 3 rings (SSSR count). The summed E-state index contributed by atoms with van der Waals surface area (Å²) in [5.74, 6) is -2.59. The third kappa shape index (κ3) is 6.83. The number of carbonyl (C=O) groups excluding carboxylic acids is 1. The summed E-state index contributed by atoms with van der Waals surface area (Å²) in [5, 5.41) is 2.23. The molecule has 174 valence electrons. The van der Waals surface area contributed by atoms with Gasteiger partial charge in [-0.25, -0.2) is 12.8 Å². The molecule has 1 aliphatic rings. The fourth-order valence-electron chi connectivity index (χ4n) is 3.43. The van der Waals surface area contributed by atoms with Gasteiger partial charge in [0.15, 0.2) is 15.6 Å². The SMILES string of the molecule is CC1(CC(=O)[C@H](CS(=O)(=O)Cc2ccccn2)NC(c2ccc(F)cc2)C(F)(F)F)CC1. The Morgan fingerprint density at radius 1 is 1.16 bits per heavy atom. The lowest BCUT2D eigenvalue weighted by molar-refractivity contribution is -0.160. The average molecular weight is 473 g/mol. The highest BCUT2D eigenvalue weighted by atomic mass is 32.2. The molecule has 0 saturated heterocycles. The van der Waals surface area contributed by atoms with Crippen LogP contribution in [-0.4, -0.2) is 37.2 Å². The summed E-state index contributed by atoms with van der Waals surface area (Å²) in [5.41, 5.74) is -0.388. The van der Waals surface area contributed by atoms with Gasteiger partial charge in [-0.3, -0.25) is 15.1 Å². The highest BCUT2D eigenvalue weighted by Gasteiger charge is 2.46. The van der Waals surface area contributed by atoms with Crippen molar-refractivity contribution in [3.05, 3.63) is 65.7 Å². The van der Waals surface area contributed by atoms with Gasteiger partial charge >= 0.3 is 6.18 Å². The summed E-state index contributed by atoms with van der Waals surface area (Å²) in [4.78, 5) is 16.8. The number of carbonyl (C=O) groups is 1. The number of ketones is 1. The van der Waals surface area contributed by atoms with E-state index in [1.54, 1.807) is 12.1 Å². The van der Waals surface area contributed by atoms with Gasteiger partial charge in [0.1, 0.15) is 11.9 Å². The van der Waals surface area contributed by atoms with Crippen molar-refractivity contribution in [1.82, 2.24) is 10.3 Å². The third-order valence-corrected chi connectivity index (χ3v) is 7.08. The van der Waals surface area contributed by atoms with E-state index in [2.05, 4.69) is 10.3 Å². The number of nitrogens with one attached hydrogen (secondary N) is 1. The van der Waals surface area contributed by atoms with Gasteiger partial charge in [-0.15, -0.1) is 0 Å². The van der Waals surface area contributed by atoms with Crippen molar-refractivity contribution < 1.29 is 30.8 Å². The average Bonchev–Trinajstić information content (AvgIpc) is 3.42. The largest absolute Gasteiger partial charge is 0.407 e. The Kier molecular flexibility index (Phi) is 7.04. The molecule has 1 fully saturated rings. The zero-order valence-electron chi connectivity index (χ0n) is 17.4. The summed E-state index contributed by atoms with van der Waals surface area (Å²) < 4.78 is 80.2. The van der Waals surface area contributed by atoms with E-state index >= 15 is 0 Å². The summed E-state index contributed by atoms with van der Waals surface area (Å²) in [7, 11) is -3.97. The van der Waals surface area contributed by atoms with E-state index < -0.39 is 51.2 Å². The number of hydrogen-bond acceptors (Lipinski definition) is 5. The van der Waals surface area contributed by atoms with Crippen molar-refractivity contribution >= 4 is 15.6 Å². The van der Waals surface area contributed by atoms with E-state index in [1.165, 1.54) is 12.3 Å². The van der Waals surface area contributed by atoms with Gasteiger partial charge in [-0.05, 0) is 48.1 Å². The molecule has 2 atom stereocenters. The lowest BCUT2D eigenvalue weighted by Crippen LogP contribution is -2.48. The standard InChI is InChI=1S/C22H24F4N2O3S/c1-21(9-10-21)12-19(29)18(14-32(30,31)13-17-4-2-3-11-27-17)28-20(22(24,25)26)15-5-7-16(23)8-6-15/h2-8,11,18,20,28H,9-10,12-14H2,1H3/t18-,20?/m0/s1. The van der Waals surface area contributed by atoms with Crippen LogP contribution in [0.3, 0.4) is 0 Å². The molecule has 1 aromatic heterocycles. The Morgan fingerprint density at radius 2 is 1.81 bits per heavy atom. The monoisotopic (exact) mass is 472 g/mol. The molecule has 0 amide bonds. The Bertz CT molecular complexity index is 1040. The van der Waals surface area contributed by atoms with Crippen LogP contribution in [0.2, 0.25) is 0 Å². The van der Waals surface area contributed by atoms with Crippen LogP contribution in [0.4, 0.5) is 17.6 Å². The predicted octanol–water partition coefficient (Wildman–Crippen LogP) is 4.16. The van der Waals surface area contributed by atoms with Gasteiger partial charge in [-0.1, -0.05) is 25.1 Å². The summed E-state index contributed by atoms with van der Waals surface area (Å²) >= 11 is 0. The number of aromatic nitrogens is 1. The molecular formula is C22H24F4N2O3S. The van der Waals surface area contributed by atoms with Crippen molar-refractivity contribution in [2.24, 2.45) is 5.41 Å². The number of pyridine rings is 1. The van der Waals surface area contributed by atoms with Gasteiger partial charge in [0.05, 0.1) is 23.2 Å². The molecule has 1 N–H and O–H groups in total. The molecule has 1 unspecified atom stereocenters. The summed E-state index contributed by atoms with van der Waals surface area (Å²) in [6.07, 6.45) is -1.92. The maximum absolute atomic E-state index is 13.8. The van der Waals surface area contributed by atoms with Crippen molar-refractivity contribution in [2.45, 2.75) is 50.2 Å². The number of nitrogens with zero attached hydrogens (tertiary/aromatic N) is 1. The van der Waals surface area contributed by atoms with E-state index in [-0.39, 0.29) is 23.1 Å². The van der Waals surface area contributed by atoms with E-state index in [4.69, 9.17) is 0 Å². The molecule has 2 aromatic rings.